The molecule has 40 heavy (non-hydrogen) atoms. The zero-order valence-electron chi connectivity index (χ0n) is 22.6. The van der Waals surface area contributed by atoms with Gasteiger partial charge in [-0.15, -0.1) is 0 Å². The van der Waals surface area contributed by atoms with Crippen molar-refractivity contribution in [2.75, 3.05) is 7.11 Å². The van der Waals surface area contributed by atoms with Gasteiger partial charge in [-0.05, 0) is 71.5 Å². The van der Waals surface area contributed by atoms with Crippen molar-refractivity contribution in [1.29, 1.82) is 0 Å². The molecular weight excluding hydrogens is 520 g/mol. The fraction of sp³-hybridized carbons (Fsp3) is 0.176. The smallest absolute Gasteiger partial charge is 0.163 e. The van der Waals surface area contributed by atoms with Crippen LogP contribution in [0.5, 0.6) is 5.75 Å². The number of carbonyl (C=O) groups excluding carboxylic acids is 1. The molecule has 0 aliphatic rings. The molecule has 0 bridgehead atoms. The minimum atomic E-state index is -0.130. The third-order valence-corrected chi connectivity index (χ3v) is 7.45. The van der Waals surface area contributed by atoms with E-state index in [9.17, 15) is 9.90 Å². The summed E-state index contributed by atoms with van der Waals surface area (Å²) in [6.07, 6.45) is 2.12. The van der Waals surface area contributed by atoms with Gasteiger partial charge in [-0.1, -0.05) is 74.0 Å². The molecule has 4 aromatic carbocycles. The Labute approximate surface area is 239 Å². The summed E-state index contributed by atoms with van der Waals surface area (Å²) >= 11 is 6.44. The van der Waals surface area contributed by atoms with Gasteiger partial charge >= 0.3 is 0 Å². The molecule has 0 radical (unpaired) electrons. The van der Waals surface area contributed by atoms with Gasteiger partial charge in [-0.25, -0.2) is 4.98 Å². The molecular formula is C34H31ClN2O3. The maximum atomic E-state index is 13.6. The van der Waals surface area contributed by atoms with Crippen LogP contribution in [0.2, 0.25) is 5.02 Å². The Morgan fingerprint density at radius 2 is 1.75 bits per heavy atom. The molecule has 1 aromatic heterocycles. The number of aromatic nitrogens is 2. The second-order valence-corrected chi connectivity index (χ2v) is 10.3. The fourth-order valence-electron chi connectivity index (χ4n) is 5.28. The molecule has 0 saturated carbocycles. The second kappa shape index (κ2) is 11.8. The number of imidazole rings is 1. The number of aliphatic hydroxyl groups is 1. The van der Waals surface area contributed by atoms with Gasteiger partial charge < -0.3 is 14.8 Å². The maximum absolute atomic E-state index is 13.6. The highest BCUT2D eigenvalue weighted by Gasteiger charge is 2.22. The number of methoxy groups -OCH3 is 1. The lowest BCUT2D eigenvalue weighted by molar-refractivity contribution is 0.0972. The van der Waals surface area contributed by atoms with E-state index in [-0.39, 0.29) is 17.5 Å². The number of halogens is 1. The summed E-state index contributed by atoms with van der Waals surface area (Å²) in [5.74, 6) is 1.34. The van der Waals surface area contributed by atoms with Gasteiger partial charge in [0.1, 0.15) is 17.3 Å². The summed E-state index contributed by atoms with van der Waals surface area (Å²) in [6.45, 7) is 5.91. The summed E-state index contributed by atoms with van der Waals surface area (Å²) in [6, 6.07) is 26.6. The molecule has 0 amide bonds. The molecule has 1 unspecified atom stereocenters. The first-order chi connectivity index (χ1) is 19.4. The van der Waals surface area contributed by atoms with E-state index in [1.54, 1.807) is 19.2 Å². The Morgan fingerprint density at radius 3 is 2.50 bits per heavy atom. The zero-order chi connectivity index (χ0) is 28.2. The third kappa shape index (κ3) is 5.51. The predicted molar refractivity (Wildman–Crippen MR) is 163 cm³/mol. The highest BCUT2D eigenvalue weighted by molar-refractivity contribution is 6.31. The summed E-state index contributed by atoms with van der Waals surface area (Å²) in [5.41, 5.74) is 6.07. The lowest BCUT2D eigenvalue weighted by atomic mass is 9.86. The zero-order valence-corrected chi connectivity index (χ0v) is 23.3. The number of aromatic amines is 1. The maximum Gasteiger partial charge on any atom is 0.163 e. The Balaban J connectivity index is 1.54. The first-order valence-electron chi connectivity index (χ1n) is 13.3. The first kappa shape index (κ1) is 27.2. The van der Waals surface area contributed by atoms with Crippen LogP contribution in [-0.2, 0) is 0 Å². The molecule has 2 N–H and O–H groups in total. The van der Waals surface area contributed by atoms with Crippen molar-refractivity contribution < 1.29 is 14.6 Å². The normalized spacial score (nSPS) is 11.9. The van der Waals surface area contributed by atoms with Crippen molar-refractivity contribution in [3.05, 3.63) is 113 Å². The van der Waals surface area contributed by atoms with E-state index in [2.05, 4.69) is 18.5 Å². The Morgan fingerprint density at radius 1 is 1.00 bits per heavy atom. The second-order valence-electron chi connectivity index (χ2n) is 9.85. The minimum absolute atomic E-state index is 0.0120. The van der Waals surface area contributed by atoms with Crippen LogP contribution in [0.4, 0.5) is 0 Å². The number of hydrogen-bond donors (Lipinski definition) is 2. The number of hydrogen-bond acceptors (Lipinski definition) is 4. The van der Waals surface area contributed by atoms with Crippen molar-refractivity contribution >= 4 is 34.2 Å². The number of carbonyl (C=O) groups is 1. The molecule has 1 atom stereocenters. The van der Waals surface area contributed by atoms with E-state index in [0.717, 1.165) is 46.3 Å². The minimum Gasteiger partial charge on any atom is -0.508 e. The van der Waals surface area contributed by atoms with Gasteiger partial charge in [0.15, 0.2) is 5.78 Å². The van der Waals surface area contributed by atoms with Crippen LogP contribution in [0.25, 0.3) is 39.3 Å². The lowest BCUT2D eigenvalue weighted by Crippen LogP contribution is -2.09. The van der Waals surface area contributed by atoms with E-state index in [1.807, 2.05) is 72.8 Å². The van der Waals surface area contributed by atoms with Gasteiger partial charge in [0, 0.05) is 28.1 Å². The van der Waals surface area contributed by atoms with Gasteiger partial charge in [0.25, 0.3) is 0 Å². The highest BCUT2D eigenvalue weighted by atomic mass is 35.5. The fourth-order valence-corrected chi connectivity index (χ4v) is 5.45. The van der Waals surface area contributed by atoms with Crippen LogP contribution in [0.1, 0.15) is 53.6 Å². The third-order valence-electron chi connectivity index (χ3n) is 7.22. The average molecular weight is 551 g/mol. The molecule has 0 spiro atoms. The molecule has 0 aliphatic carbocycles. The van der Waals surface area contributed by atoms with Crippen molar-refractivity contribution in [3.63, 3.8) is 0 Å². The highest BCUT2D eigenvalue weighted by Crippen LogP contribution is 2.38. The number of fused-ring (bicyclic) bond motifs is 1. The van der Waals surface area contributed by atoms with Crippen LogP contribution in [-0.4, -0.2) is 28.0 Å². The number of ketones is 1. The van der Waals surface area contributed by atoms with Crippen molar-refractivity contribution in [3.8, 4) is 28.3 Å². The first-order valence-corrected chi connectivity index (χ1v) is 13.7. The van der Waals surface area contributed by atoms with Crippen LogP contribution < -0.4 is 4.74 Å². The monoisotopic (exact) mass is 550 g/mol. The topological polar surface area (TPSA) is 75.2 Å². The average Bonchev–Trinajstić information content (AvgIpc) is 3.40. The largest absolute Gasteiger partial charge is 0.508 e. The van der Waals surface area contributed by atoms with Crippen LogP contribution in [0.15, 0.2) is 91.5 Å². The Hall–Kier alpha value is -4.35. The van der Waals surface area contributed by atoms with Gasteiger partial charge in [0.05, 0.1) is 18.1 Å². The van der Waals surface area contributed by atoms with Crippen molar-refractivity contribution in [2.45, 2.75) is 32.1 Å². The van der Waals surface area contributed by atoms with Crippen LogP contribution in [0, 0.1) is 0 Å². The van der Waals surface area contributed by atoms with Gasteiger partial charge in [0.2, 0.25) is 0 Å². The summed E-state index contributed by atoms with van der Waals surface area (Å²) < 4.78 is 5.58. The SMILES string of the molecule is C=C(O)c1cc(C(=O)CC(CCC)c2ccccc2OC)ccc1-c1cc(Cl)ccc1-c1nc2ccccc2[nH]1. The molecule has 0 aliphatic heterocycles. The summed E-state index contributed by atoms with van der Waals surface area (Å²) in [4.78, 5) is 21.7. The van der Waals surface area contributed by atoms with Gasteiger partial charge in [-0.2, -0.15) is 0 Å². The van der Waals surface area contributed by atoms with E-state index < -0.39 is 0 Å². The number of aliphatic hydroxyl groups excluding tert-OH is 1. The number of Topliss-reactive ketones (excluding diaryl/α,β-unsaturated/α-hetero) is 1. The van der Waals surface area contributed by atoms with E-state index >= 15 is 0 Å². The number of nitrogens with zero attached hydrogens (tertiary/aromatic N) is 1. The number of ether oxygens (including phenoxy) is 1. The standard InChI is InChI=1S/C34H31ClN2O3/c1-4-9-22(25-10-5-8-13-33(25)40-3)19-32(39)23-14-16-26(28(18-23)21(2)38)29-20-24(35)15-17-27(29)34-36-30-11-6-7-12-31(30)37-34/h5-8,10-18,20,22,38H,2,4,9,19H2,1,3H3,(H,36,37). The molecule has 5 aromatic rings. The van der Waals surface area contributed by atoms with Crippen LogP contribution >= 0.6 is 11.6 Å². The molecule has 202 valence electrons. The predicted octanol–water partition coefficient (Wildman–Crippen LogP) is 9.24. The molecule has 5 nitrogen and oxygen atoms in total. The van der Waals surface area contributed by atoms with E-state index in [0.29, 0.717) is 34.0 Å². The quantitative estimate of drug-likeness (QED) is 0.134. The van der Waals surface area contributed by atoms with E-state index in [4.69, 9.17) is 21.3 Å². The molecule has 0 saturated heterocycles. The van der Waals surface area contributed by atoms with E-state index in [1.165, 1.54) is 0 Å². The number of nitrogens with one attached hydrogen (secondary N) is 1. The number of para-hydroxylation sites is 3. The summed E-state index contributed by atoms with van der Waals surface area (Å²) in [5, 5.41) is 11.2. The molecule has 1 heterocycles. The Bertz CT molecular complexity index is 1670. The number of rotatable bonds is 10. The Kier molecular flexibility index (Phi) is 8.04. The molecule has 0 fully saturated rings. The van der Waals surface area contributed by atoms with Crippen molar-refractivity contribution in [2.24, 2.45) is 0 Å². The van der Waals surface area contributed by atoms with Crippen molar-refractivity contribution in [1.82, 2.24) is 9.97 Å². The van der Waals surface area contributed by atoms with Gasteiger partial charge in [-0.3, -0.25) is 4.79 Å². The summed E-state index contributed by atoms with van der Waals surface area (Å²) in [7, 11) is 1.65. The molecule has 5 rings (SSSR count). The lowest BCUT2D eigenvalue weighted by Gasteiger charge is -2.19. The number of benzene rings is 4. The molecule has 6 heteroatoms. The van der Waals surface area contributed by atoms with Crippen LogP contribution in [0.3, 0.4) is 0 Å². The number of H-pyrrole nitrogens is 1.